The smallest absolute Gasteiger partial charge is 0.303 e. The van der Waals surface area contributed by atoms with E-state index in [1.54, 1.807) is 0 Å². The summed E-state index contributed by atoms with van der Waals surface area (Å²) in [5.74, 6) is -0.892. The molecule has 1 aliphatic heterocycles. The molecule has 6 nitrogen and oxygen atoms in total. The van der Waals surface area contributed by atoms with Crippen molar-refractivity contribution in [3.63, 3.8) is 0 Å². The number of rotatable bonds is 3. The highest BCUT2D eigenvalue weighted by molar-refractivity contribution is 5.67. The van der Waals surface area contributed by atoms with Gasteiger partial charge < -0.3 is 19.9 Å². The maximum atomic E-state index is 10.8. The van der Waals surface area contributed by atoms with Crippen molar-refractivity contribution in [2.45, 2.75) is 32.1 Å². The molecule has 0 aromatic carbocycles. The van der Waals surface area contributed by atoms with Crippen molar-refractivity contribution < 1.29 is 24.2 Å². The summed E-state index contributed by atoms with van der Waals surface area (Å²) in [5.41, 5.74) is 0. The maximum Gasteiger partial charge on any atom is 0.303 e. The number of hydrogen-bond acceptors (Lipinski definition) is 6. The lowest BCUT2D eigenvalue weighted by Crippen LogP contribution is -2.40. The minimum atomic E-state index is -0.614. The summed E-state index contributed by atoms with van der Waals surface area (Å²) in [5, 5.41) is 11.9. The summed E-state index contributed by atoms with van der Waals surface area (Å²) in [6, 6.07) is -0.377. The van der Waals surface area contributed by atoms with Gasteiger partial charge in [-0.05, 0) is 0 Å². The third-order valence-corrected chi connectivity index (χ3v) is 2.16. The molecular weight excluding hydrogens is 202 g/mol. The van der Waals surface area contributed by atoms with Crippen LogP contribution >= 0.6 is 0 Å². The van der Waals surface area contributed by atoms with E-state index in [1.165, 1.54) is 13.8 Å². The van der Waals surface area contributed by atoms with E-state index in [0.717, 1.165) is 0 Å². The van der Waals surface area contributed by atoms with Crippen LogP contribution < -0.4 is 5.32 Å². The van der Waals surface area contributed by atoms with Gasteiger partial charge in [-0.15, -0.1) is 0 Å². The molecule has 0 spiro atoms. The molecule has 1 aliphatic rings. The molecule has 0 amide bonds. The largest absolute Gasteiger partial charge is 0.457 e. The van der Waals surface area contributed by atoms with E-state index in [4.69, 9.17) is 14.6 Å². The molecule has 0 aromatic heterocycles. The second-order valence-electron chi connectivity index (χ2n) is 3.42. The van der Waals surface area contributed by atoms with E-state index in [0.29, 0.717) is 6.54 Å². The van der Waals surface area contributed by atoms with Gasteiger partial charge in [-0.1, -0.05) is 0 Å². The van der Waals surface area contributed by atoms with Crippen molar-refractivity contribution in [1.82, 2.24) is 5.32 Å². The summed E-state index contributed by atoms with van der Waals surface area (Å²) in [7, 11) is 0. The molecule has 1 saturated heterocycles. The number of aliphatic hydroxyl groups excluding tert-OH is 1. The lowest BCUT2D eigenvalue weighted by atomic mass is 10.1. The number of aliphatic hydroxyl groups is 1. The quantitative estimate of drug-likeness (QED) is 0.578. The Morgan fingerprint density at radius 2 is 1.93 bits per heavy atom. The average molecular weight is 217 g/mol. The summed E-state index contributed by atoms with van der Waals surface area (Å²) < 4.78 is 9.96. The Morgan fingerprint density at radius 1 is 1.33 bits per heavy atom. The van der Waals surface area contributed by atoms with Crippen LogP contribution in [0.2, 0.25) is 0 Å². The van der Waals surface area contributed by atoms with E-state index in [-0.39, 0.29) is 12.6 Å². The molecule has 1 heterocycles. The van der Waals surface area contributed by atoms with E-state index in [2.05, 4.69) is 5.32 Å². The van der Waals surface area contributed by atoms with Crippen LogP contribution in [-0.2, 0) is 19.1 Å². The lowest BCUT2D eigenvalue weighted by Gasteiger charge is -2.21. The predicted molar refractivity (Wildman–Crippen MR) is 50.0 cm³/mol. The highest BCUT2D eigenvalue weighted by Crippen LogP contribution is 2.15. The van der Waals surface area contributed by atoms with Crippen molar-refractivity contribution >= 4 is 11.9 Å². The van der Waals surface area contributed by atoms with Crippen molar-refractivity contribution in [2.75, 3.05) is 13.2 Å². The predicted octanol–water partition coefficient (Wildman–Crippen LogP) is -1.19. The van der Waals surface area contributed by atoms with Crippen molar-refractivity contribution in [1.29, 1.82) is 0 Å². The van der Waals surface area contributed by atoms with Gasteiger partial charge in [-0.3, -0.25) is 9.59 Å². The molecule has 86 valence electrons. The number of nitrogens with one attached hydrogen (secondary N) is 1. The summed E-state index contributed by atoms with van der Waals surface area (Å²) in [6.45, 7) is 2.77. The van der Waals surface area contributed by atoms with E-state index in [9.17, 15) is 9.59 Å². The first-order valence-electron chi connectivity index (χ1n) is 4.73. The molecule has 3 atom stereocenters. The normalized spacial score (nSPS) is 29.9. The standard InChI is InChI=1S/C9H15NO5/c1-5(12)14-8-3-10-7(4-11)9(8)15-6(2)13/h7-11H,3-4H2,1-2H3/t7-,8-,9+/m1/s1. The summed E-state index contributed by atoms with van der Waals surface area (Å²) >= 11 is 0. The fourth-order valence-electron chi connectivity index (χ4n) is 1.60. The molecule has 1 fully saturated rings. The topological polar surface area (TPSA) is 84.9 Å². The second-order valence-corrected chi connectivity index (χ2v) is 3.42. The molecule has 1 rings (SSSR count). The van der Waals surface area contributed by atoms with E-state index < -0.39 is 24.1 Å². The lowest BCUT2D eigenvalue weighted by molar-refractivity contribution is -0.163. The maximum absolute atomic E-state index is 10.8. The fourth-order valence-corrected chi connectivity index (χ4v) is 1.60. The van der Waals surface area contributed by atoms with Gasteiger partial charge in [-0.25, -0.2) is 0 Å². The van der Waals surface area contributed by atoms with Crippen LogP contribution in [0.4, 0.5) is 0 Å². The Labute approximate surface area is 87.5 Å². The fraction of sp³-hybridized carbons (Fsp3) is 0.778. The second kappa shape index (κ2) is 5.09. The minimum absolute atomic E-state index is 0.171. The van der Waals surface area contributed by atoms with Crippen LogP contribution in [0.3, 0.4) is 0 Å². The monoisotopic (exact) mass is 217 g/mol. The number of hydrogen-bond donors (Lipinski definition) is 2. The molecule has 15 heavy (non-hydrogen) atoms. The van der Waals surface area contributed by atoms with Crippen LogP contribution in [0.25, 0.3) is 0 Å². The minimum Gasteiger partial charge on any atom is -0.457 e. The molecule has 0 unspecified atom stereocenters. The van der Waals surface area contributed by atoms with Gasteiger partial charge in [0.1, 0.15) is 0 Å². The van der Waals surface area contributed by atoms with Crippen LogP contribution in [0.5, 0.6) is 0 Å². The van der Waals surface area contributed by atoms with Crippen LogP contribution in [-0.4, -0.2) is 48.4 Å². The highest BCUT2D eigenvalue weighted by atomic mass is 16.6. The number of carbonyl (C=O) groups excluding carboxylic acids is 2. The summed E-state index contributed by atoms with van der Waals surface area (Å²) in [4.78, 5) is 21.6. The van der Waals surface area contributed by atoms with E-state index >= 15 is 0 Å². The molecule has 2 N–H and O–H groups in total. The average Bonchev–Trinajstić information content (AvgIpc) is 2.47. The third-order valence-electron chi connectivity index (χ3n) is 2.16. The van der Waals surface area contributed by atoms with Gasteiger partial charge in [0.05, 0.1) is 12.6 Å². The molecule has 0 aromatic rings. The van der Waals surface area contributed by atoms with Crippen molar-refractivity contribution in [3.05, 3.63) is 0 Å². The third kappa shape index (κ3) is 3.17. The van der Waals surface area contributed by atoms with Crippen molar-refractivity contribution in [3.8, 4) is 0 Å². The van der Waals surface area contributed by atoms with Gasteiger partial charge in [0.25, 0.3) is 0 Å². The summed E-state index contributed by atoms with van der Waals surface area (Å²) in [6.07, 6.45) is -1.14. The molecule has 6 heteroatoms. The first-order valence-corrected chi connectivity index (χ1v) is 4.73. The van der Waals surface area contributed by atoms with Gasteiger partial charge in [-0.2, -0.15) is 0 Å². The van der Waals surface area contributed by atoms with Gasteiger partial charge in [0, 0.05) is 20.4 Å². The molecule has 0 aliphatic carbocycles. The Morgan fingerprint density at radius 3 is 2.40 bits per heavy atom. The van der Waals surface area contributed by atoms with Gasteiger partial charge in [0.2, 0.25) is 0 Å². The van der Waals surface area contributed by atoms with Crippen LogP contribution in [0, 0.1) is 0 Å². The van der Waals surface area contributed by atoms with E-state index in [1.807, 2.05) is 0 Å². The first kappa shape index (κ1) is 11.9. The van der Waals surface area contributed by atoms with Gasteiger partial charge >= 0.3 is 11.9 Å². The molecular formula is C9H15NO5. The Kier molecular flexibility index (Phi) is 4.05. The first-order chi connectivity index (χ1) is 7.04. The Hall–Kier alpha value is -1.14. The Bertz CT molecular complexity index is 255. The molecule has 0 saturated carbocycles. The van der Waals surface area contributed by atoms with Crippen LogP contribution in [0.1, 0.15) is 13.8 Å². The molecule has 0 radical (unpaired) electrons. The Balaban J connectivity index is 2.62. The van der Waals surface area contributed by atoms with Gasteiger partial charge in [0.15, 0.2) is 12.2 Å². The SMILES string of the molecule is CC(=O)O[C@H]1[C@@H](CO)NC[C@H]1OC(C)=O. The number of carbonyl (C=O) groups is 2. The zero-order valence-electron chi connectivity index (χ0n) is 8.73. The zero-order chi connectivity index (χ0) is 11.4. The molecule has 0 bridgehead atoms. The number of esters is 2. The zero-order valence-corrected chi connectivity index (χ0v) is 8.73. The van der Waals surface area contributed by atoms with Crippen LogP contribution in [0.15, 0.2) is 0 Å². The number of ether oxygens (including phenoxy) is 2. The highest BCUT2D eigenvalue weighted by Gasteiger charge is 2.40. The van der Waals surface area contributed by atoms with Crippen molar-refractivity contribution in [2.24, 2.45) is 0 Å².